The highest BCUT2D eigenvalue weighted by molar-refractivity contribution is 6.31. The Balaban J connectivity index is 1.82. The third-order valence-electron chi connectivity index (χ3n) is 3.59. The van der Waals surface area contributed by atoms with E-state index >= 15 is 0 Å². The van der Waals surface area contributed by atoms with Crippen molar-refractivity contribution in [2.45, 2.75) is 44.6 Å². The zero-order valence-corrected chi connectivity index (χ0v) is 11.9. The van der Waals surface area contributed by atoms with Crippen LogP contribution in [0, 0.1) is 0 Å². The van der Waals surface area contributed by atoms with Gasteiger partial charge in [-0.15, -0.1) is 0 Å². The monoisotopic (exact) mass is 295 g/mol. The molecule has 0 bridgehead atoms. The first-order valence-electron chi connectivity index (χ1n) is 6.86. The first kappa shape index (κ1) is 14.9. The second kappa shape index (κ2) is 6.75. The molecule has 20 heavy (non-hydrogen) atoms. The fraction of sp³-hybridized carbons (Fsp3) is 0.467. The van der Waals surface area contributed by atoms with Crippen LogP contribution < -0.4 is 5.32 Å². The molecule has 1 aliphatic carbocycles. The van der Waals surface area contributed by atoms with Crippen LogP contribution in [0.1, 0.15) is 49.3 Å². The molecule has 2 rings (SSSR count). The quantitative estimate of drug-likeness (QED) is 0.793. The predicted molar refractivity (Wildman–Crippen MR) is 76.8 cm³/mol. The topological polar surface area (TPSA) is 66.4 Å². The summed E-state index contributed by atoms with van der Waals surface area (Å²) in [6.07, 6.45) is 3.40. The van der Waals surface area contributed by atoms with Crippen LogP contribution in [0.2, 0.25) is 5.02 Å². The van der Waals surface area contributed by atoms with Crippen LogP contribution in [-0.4, -0.2) is 17.0 Å². The lowest BCUT2D eigenvalue weighted by atomic mass is 10.1. The van der Waals surface area contributed by atoms with Crippen LogP contribution in [0.5, 0.6) is 0 Å². The minimum atomic E-state index is -0.815. The van der Waals surface area contributed by atoms with Gasteiger partial charge in [-0.25, -0.2) is 0 Å². The molecule has 0 aromatic heterocycles. The van der Waals surface area contributed by atoms with Gasteiger partial charge in [-0.3, -0.25) is 9.59 Å². The summed E-state index contributed by atoms with van der Waals surface area (Å²) in [5.74, 6) is -0.835. The Morgan fingerprint density at radius 3 is 2.80 bits per heavy atom. The highest BCUT2D eigenvalue weighted by Crippen LogP contribution is 2.35. The number of rotatable bonds is 6. The van der Waals surface area contributed by atoms with Gasteiger partial charge in [-0.1, -0.05) is 23.7 Å². The number of carboxylic acids is 1. The molecule has 0 heterocycles. The number of halogens is 1. The molecule has 5 heteroatoms. The number of unbranched alkanes of at least 4 members (excludes halogenated alkanes) is 1. The summed E-state index contributed by atoms with van der Waals surface area (Å²) in [7, 11) is 0. The molecule has 1 atom stereocenters. The molecule has 1 unspecified atom stereocenters. The van der Waals surface area contributed by atoms with Crippen LogP contribution in [0.4, 0.5) is 0 Å². The van der Waals surface area contributed by atoms with Crippen LogP contribution >= 0.6 is 11.6 Å². The molecule has 0 fully saturated rings. The van der Waals surface area contributed by atoms with Gasteiger partial charge in [0.2, 0.25) is 5.91 Å². The Kier molecular flexibility index (Phi) is 5.01. The van der Waals surface area contributed by atoms with E-state index < -0.39 is 5.97 Å². The Bertz CT molecular complexity index is 516. The van der Waals surface area contributed by atoms with E-state index in [4.69, 9.17) is 16.7 Å². The zero-order chi connectivity index (χ0) is 14.5. The van der Waals surface area contributed by atoms with Crippen molar-refractivity contribution >= 4 is 23.5 Å². The number of aliphatic carboxylic acids is 1. The normalized spacial score (nSPS) is 16.8. The van der Waals surface area contributed by atoms with Crippen molar-refractivity contribution in [3.63, 3.8) is 0 Å². The smallest absolute Gasteiger partial charge is 0.303 e. The fourth-order valence-electron chi connectivity index (χ4n) is 2.59. The Morgan fingerprint density at radius 2 is 2.05 bits per heavy atom. The number of benzene rings is 1. The van der Waals surface area contributed by atoms with E-state index in [0.29, 0.717) is 19.3 Å². The molecule has 0 saturated heterocycles. The lowest BCUT2D eigenvalue weighted by molar-refractivity contribution is -0.137. The third-order valence-corrected chi connectivity index (χ3v) is 3.95. The summed E-state index contributed by atoms with van der Waals surface area (Å²) in [5.41, 5.74) is 2.24. The van der Waals surface area contributed by atoms with Gasteiger partial charge in [0.25, 0.3) is 0 Å². The molecule has 1 aliphatic rings. The number of amides is 1. The predicted octanol–water partition coefficient (Wildman–Crippen LogP) is 3.09. The average Bonchev–Trinajstić information content (AvgIpc) is 2.79. The molecular weight excluding hydrogens is 278 g/mol. The Morgan fingerprint density at radius 1 is 1.30 bits per heavy atom. The van der Waals surface area contributed by atoms with E-state index in [1.807, 2.05) is 18.2 Å². The third kappa shape index (κ3) is 3.73. The van der Waals surface area contributed by atoms with Crippen molar-refractivity contribution in [3.05, 3.63) is 34.3 Å². The van der Waals surface area contributed by atoms with E-state index in [2.05, 4.69) is 5.32 Å². The zero-order valence-electron chi connectivity index (χ0n) is 11.2. The van der Waals surface area contributed by atoms with Gasteiger partial charge in [0.1, 0.15) is 0 Å². The summed E-state index contributed by atoms with van der Waals surface area (Å²) in [6.45, 7) is 0. The molecule has 0 aliphatic heterocycles. The number of hydrogen-bond donors (Lipinski definition) is 2. The number of hydrogen-bond acceptors (Lipinski definition) is 2. The Labute approximate surface area is 123 Å². The average molecular weight is 296 g/mol. The molecule has 1 amide bonds. The minimum absolute atomic E-state index is 0.0202. The number of fused-ring (bicyclic) bond motifs is 1. The molecule has 0 saturated carbocycles. The highest BCUT2D eigenvalue weighted by atomic mass is 35.5. The first-order valence-corrected chi connectivity index (χ1v) is 7.24. The van der Waals surface area contributed by atoms with Gasteiger partial charge in [0, 0.05) is 17.9 Å². The second-order valence-corrected chi connectivity index (χ2v) is 5.47. The number of carbonyl (C=O) groups is 2. The van der Waals surface area contributed by atoms with Gasteiger partial charge in [-0.2, -0.15) is 0 Å². The van der Waals surface area contributed by atoms with Crippen molar-refractivity contribution in [3.8, 4) is 0 Å². The maximum absolute atomic E-state index is 11.8. The Hall–Kier alpha value is -1.55. The van der Waals surface area contributed by atoms with E-state index in [-0.39, 0.29) is 18.4 Å². The molecule has 1 aromatic carbocycles. The molecule has 0 spiro atoms. The van der Waals surface area contributed by atoms with Crippen molar-refractivity contribution < 1.29 is 14.7 Å². The summed E-state index contributed by atoms with van der Waals surface area (Å²) >= 11 is 6.14. The lowest BCUT2D eigenvalue weighted by Gasteiger charge is -2.14. The number of nitrogens with one attached hydrogen (secondary N) is 1. The maximum atomic E-state index is 11.8. The summed E-state index contributed by atoms with van der Waals surface area (Å²) in [6, 6.07) is 5.81. The van der Waals surface area contributed by atoms with E-state index in [9.17, 15) is 9.59 Å². The van der Waals surface area contributed by atoms with Crippen LogP contribution in [0.25, 0.3) is 0 Å². The second-order valence-electron chi connectivity index (χ2n) is 5.07. The SMILES string of the molecule is O=C(O)CCCCC(=O)NC1CCc2c(Cl)cccc21. The standard InChI is InChI=1S/C15H18ClNO3/c16-12-5-3-4-11-10(12)8-9-13(11)17-14(18)6-1-2-7-15(19)20/h3-5,13H,1-2,6-9H2,(H,17,18)(H,19,20). The number of carboxylic acid groups (broad SMARTS) is 1. The molecular formula is C15H18ClNO3. The van der Waals surface area contributed by atoms with E-state index in [1.165, 1.54) is 0 Å². The molecule has 2 N–H and O–H groups in total. The number of carbonyl (C=O) groups excluding carboxylic acids is 1. The molecule has 1 aromatic rings. The molecule has 0 radical (unpaired) electrons. The largest absolute Gasteiger partial charge is 0.481 e. The van der Waals surface area contributed by atoms with Gasteiger partial charge >= 0.3 is 5.97 Å². The van der Waals surface area contributed by atoms with Crippen LogP contribution in [0.3, 0.4) is 0 Å². The molecule has 108 valence electrons. The van der Waals surface area contributed by atoms with Crippen molar-refractivity contribution in [2.24, 2.45) is 0 Å². The fourth-order valence-corrected chi connectivity index (χ4v) is 2.86. The summed E-state index contributed by atoms with van der Waals surface area (Å²) in [4.78, 5) is 22.2. The van der Waals surface area contributed by atoms with Crippen LogP contribution in [-0.2, 0) is 16.0 Å². The van der Waals surface area contributed by atoms with Crippen LogP contribution in [0.15, 0.2) is 18.2 Å². The van der Waals surface area contributed by atoms with Gasteiger partial charge in [-0.05, 0) is 42.9 Å². The van der Waals surface area contributed by atoms with E-state index in [0.717, 1.165) is 29.0 Å². The molecule has 4 nitrogen and oxygen atoms in total. The minimum Gasteiger partial charge on any atom is -0.481 e. The van der Waals surface area contributed by atoms with E-state index in [1.54, 1.807) is 0 Å². The van der Waals surface area contributed by atoms with Crippen molar-refractivity contribution in [1.82, 2.24) is 5.32 Å². The summed E-state index contributed by atoms with van der Waals surface area (Å²) in [5, 5.41) is 12.3. The van der Waals surface area contributed by atoms with Gasteiger partial charge < -0.3 is 10.4 Å². The van der Waals surface area contributed by atoms with Gasteiger partial charge in [0.15, 0.2) is 0 Å². The summed E-state index contributed by atoms with van der Waals surface area (Å²) < 4.78 is 0. The lowest BCUT2D eigenvalue weighted by Crippen LogP contribution is -2.26. The van der Waals surface area contributed by atoms with Gasteiger partial charge in [0.05, 0.1) is 6.04 Å². The highest BCUT2D eigenvalue weighted by Gasteiger charge is 2.25. The van der Waals surface area contributed by atoms with Crippen molar-refractivity contribution in [2.75, 3.05) is 0 Å². The first-order chi connectivity index (χ1) is 9.58. The maximum Gasteiger partial charge on any atom is 0.303 e. The van der Waals surface area contributed by atoms with Crippen molar-refractivity contribution in [1.29, 1.82) is 0 Å².